The van der Waals surface area contributed by atoms with E-state index in [0.717, 1.165) is 5.56 Å². The zero-order valence-corrected chi connectivity index (χ0v) is 18.3. The lowest BCUT2D eigenvalue weighted by atomic mass is 9.92. The molecule has 1 aromatic carbocycles. The monoisotopic (exact) mass is 404 g/mol. The molecule has 0 bridgehead atoms. The van der Waals surface area contributed by atoms with E-state index >= 15 is 0 Å². The molecular formula is C22H34N3O4+. The number of hydrogen-bond donors (Lipinski definition) is 2. The van der Waals surface area contributed by atoms with Crippen molar-refractivity contribution < 1.29 is 23.6 Å². The summed E-state index contributed by atoms with van der Waals surface area (Å²) in [5.41, 5.74) is 5.48. The number of primary amides is 1. The van der Waals surface area contributed by atoms with Crippen LogP contribution in [0.4, 0.5) is 4.79 Å². The van der Waals surface area contributed by atoms with Crippen molar-refractivity contribution in [3.8, 4) is 0 Å². The highest BCUT2D eigenvalue weighted by Crippen LogP contribution is 2.49. The van der Waals surface area contributed by atoms with Crippen molar-refractivity contribution in [1.82, 2.24) is 5.32 Å². The third-order valence-electron chi connectivity index (χ3n) is 5.52. The van der Waals surface area contributed by atoms with Crippen molar-refractivity contribution in [3.63, 3.8) is 0 Å². The zero-order chi connectivity index (χ0) is 22.0. The quantitative estimate of drug-likeness (QED) is 0.754. The van der Waals surface area contributed by atoms with Crippen molar-refractivity contribution in [2.24, 2.45) is 5.73 Å². The Hall–Kier alpha value is -2.41. The molecule has 0 saturated carbocycles. The van der Waals surface area contributed by atoms with E-state index in [4.69, 9.17) is 10.5 Å². The third-order valence-corrected chi connectivity index (χ3v) is 5.52. The van der Waals surface area contributed by atoms with Crippen LogP contribution < -0.4 is 11.1 Å². The maximum atomic E-state index is 13.7. The molecule has 1 aliphatic rings. The molecule has 3 atom stereocenters. The molecule has 1 saturated heterocycles. The van der Waals surface area contributed by atoms with Crippen LogP contribution in [-0.2, 0) is 14.3 Å². The second-order valence-corrected chi connectivity index (χ2v) is 9.62. The molecule has 3 amide bonds. The molecule has 7 nitrogen and oxygen atoms in total. The highest BCUT2D eigenvalue weighted by Gasteiger charge is 2.63. The second kappa shape index (κ2) is 8.14. The SMILES string of the molecule is CC(C)(C)OC(=O)NCC(=O)[N+]1(C(C)(C)C)C(C(N)=O)CCC1c1ccccc1. The van der Waals surface area contributed by atoms with Crippen molar-refractivity contribution in [3.05, 3.63) is 35.9 Å². The van der Waals surface area contributed by atoms with Crippen LogP contribution in [0.25, 0.3) is 0 Å². The van der Waals surface area contributed by atoms with Crippen molar-refractivity contribution in [2.45, 2.75) is 77.6 Å². The first-order chi connectivity index (χ1) is 13.3. The topological polar surface area (TPSA) is 98.5 Å². The lowest BCUT2D eigenvalue weighted by molar-refractivity contribution is -0.930. The summed E-state index contributed by atoms with van der Waals surface area (Å²) in [5, 5.41) is 2.57. The van der Waals surface area contributed by atoms with E-state index in [1.165, 1.54) is 0 Å². The van der Waals surface area contributed by atoms with Gasteiger partial charge in [0, 0.05) is 18.4 Å². The Morgan fingerprint density at radius 1 is 1.07 bits per heavy atom. The van der Waals surface area contributed by atoms with Gasteiger partial charge in [-0.15, -0.1) is 0 Å². The predicted molar refractivity (Wildman–Crippen MR) is 111 cm³/mol. The van der Waals surface area contributed by atoms with Crippen molar-refractivity contribution in [2.75, 3.05) is 6.54 Å². The van der Waals surface area contributed by atoms with Crippen molar-refractivity contribution in [1.29, 1.82) is 0 Å². The van der Waals surface area contributed by atoms with Gasteiger partial charge in [-0.2, -0.15) is 0 Å². The number of rotatable bonds is 4. The molecule has 29 heavy (non-hydrogen) atoms. The molecule has 0 aromatic heterocycles. The smallest absolute Gasteiger partial charge is 0.408 e. The summed E-state index contributed by atoms with van der Waals surface area (Å²) in [4.78, 5) is 38.2. The predicted octanol–water partition coefficient (Wildman–Crippen LogP) is 3.04. The second-order valence-electron chi connectivity index (χ2n) is 9.62. The molecule has 2 rings (SSSR count). The number of carbonyl (C=O) groups is 3. The minimum absolute atomic E-state index is 0.123. The van der Waals surface area contributed by atoms with Crippen LogP contribution in [0.5, 0.6) is 0 Å². The van der Waals surface area contributed by atoms with Crippen molar-refractivity contribution >= 4 is 17.9 Å². The van der Waals surface area contributed by atoms with Crippen LogP contribution in [0.15, 0.2) is 30.3 Å². The first kappa shape index (κ1) is 22.9. The minimum atomic E-state index is -0.667. The van der Waals surface area contributed by atoms with Crippen LogP contribution in [0, 0.1) is 0 Å². The van der Waals surface area contributed by atoms with Gasteiger partial charge in [-0.25, -0.2) is 14.1 Å². The van der Waals surface area contributed by atoms with Gasteiger partial charge >= 0.3 is 12.0 Å². The molecule has 160 valence electrons. The van der Waals surface area contributed by atoms with E-state index in [-0.39, 0.29) is 23.0 Å². The highest BCUT2D eigenvalue weighted by atomic mass is 16.6. The van der Waals surface area contributed by atoms with Gasteiger partial charge in [-0.05, 0) is 41.5 Å². The van der Waals surface area contributed by atoms with Gasteiger partial charge in [0.25, 0.3) is 5.91 Å². The Morgan fingerprint density at radius 3 is 2.14 bits per heavy atom. The first-order valence-electron chi connectivity index (χ1n) is 10.0. The number of ether oxygens (including phenoxy) is 1. The van der Waals surface area contributed by atoms with E-state index in [2.05, 4.69) is 5.32 Å². The number of amides is 3. The van der Waals surface area contributed by atoms with Gasteiger partial charge in [-0.3, -0.25) is 4.79 Å². The number of nitrogens with two attached hydrogens (primary N) is 1. The van der Waals surface area contributed by atoms with Gasteiger partial charge in [0.1, 0.15) is 18.2 Å². The maximum absolute atomic E-state index is 13.7. The van der Waals surface area contributed by atoms with E-state index in [1.807, 2.05) is 51.1 Å². The average molecular weight is 405 g/mol. The fraction of sp³-hybridized carbons (Fsp3) is 0.591. The summed E-state index contributed by atoms with van der Waals surface area (Å²) in [6.07, 6.45) is 0.515. The Kier molecular flexibility index (Phi) is 6.42. The molecule has 0 spiro atoms. The molecule has 0 aliphatic carbocycles. The number of quaternary nitrogens is 1. The highest BCUT2D eigenvalue weighted by molar-refractivity contribution is 5.84. The summed E-state index contributed by atoms with van der Waals surface area (Å²) in [6.45, 7) is 10.9. The number of likely N-dealkylation sites (tertiary alicyclic amines) is 1. The fourth-order valence-electron chi connectivity index (χ4n) is 4.61. The Labute approximate surface area is 173 Å². The lowest BCUT2D eigenvalue weighted by Crippen LogP contribution is -2.71. The lowest BCUT2D eigenvalue weighted by Gasteiger charge is -2.50. The summed E-state index contributed by atoms with van der Waals surface area (Å²) < 4.78 is 5.13. The van der Waals surface area contributed by atoms with Crippen LogP contribution in [0.1, 0.15) is 66.0 Å². The first-order valence-corrected chi connectivity index (χ1v) is 10.0. The molecular weight excluding hydrogens is 370 g/mol. The summed E-state index contributed by atoms with van der Waals surface area (Å²) >= 11 is 0. The minimum Gasteiger partial charge on any atom is -0.444 e. The number of alkyl carbamates (subject to hydrolysis) is 1. The fourth-order valence-corrected chi connectivity index (χ4v) is 4.61. The summed E-state index contributed by atoms with van der Waals surface area (Å²) in [7, 11) is 0. The zero-order valence-electron chi connectivity index (χ0n) is 18.3. The largest absolute Gasteiger partial charge is 0.444 e. The molecule has 3 unspecified atom stereocenters. The summed E-state index contributed by atoms with van der Waals surface area (Å²) in [5.74, 6) is -0.748. The Balaban J connectivity index is 2.44. The molecule has 0 radical (unpaired) electrons. The third kappa shape index (κ3) is 4.61. The number of carbonyl (C=O) groups excluding carboxylic acids is 3. The summed E-state index contributed by atoms with van der Waals surface area (Å²) in [6, 6.07) is 8.83. The Bertz CT molecular complexity index is 765. The molecule has 1 fully saturated rings. The molecule has 1 aliphatic heterocycles. The van der Waals surface area contributed by atoms with Crippen LogP contribution >= 0.6 is 0 Å². The molecule has 7 heteroatoms. The van der Waals surface area contributed by atoms with Crippen LogP contribution in [-0.4, -0.2) is 46.1 Å². The van der Waals surface area contributed by atoms with E-state index in [1.54, 1.807) is 20.8 Å². The van der Waals surface area contributed by atoms with Gasteiger partial charge in [0.2, 0.25) is 0 Å². The van der Waals surface area contributed by atoms with Gasteiger partial charge in [0.15, 0.2) is 6.04 Å². The molecule has 1 heterocycles. The molecule has 1 aromatic rings. The van der Waals surface area contributed by atoms with Crippen LogP contribution in [0.3, 0.4) is 0 Å². The average Bonchev–Trinajstić information content (AvgIpc) is 3.00. The number of nitrogens with zero attached hydrogens (tertiary/aromatic N) is 1. The van der Waals surface area contributed by atoms with E-state index in [0.29, 0.717) is 12.8 Å². The van der Waals surface area contributed by atoms with Gasteiger partial charge in [-0.1, -0.05) is 30.3 Å². The number of benzene rings is 1. The van der Waals surface area contributed by atoms with Gasteiger partial charge in [0.05, 0.1) is 5.54 Å². The normalized spacial score (nSPS) is 24.8. The number of hydrogen-bond acceptors (Lipinski definition) is 4. The number of nitrogens with one attached hydrogen (secondary N) is 1. The van der Waals surface area contributed by atoms with Crippen LogP contribution in [0.2, 0.25) is 0 Å². The maximum Gasteiger partial charge on any atom is 0.408 e. The standard InChI is InChI=1S/C22H33N3O4/c1-21(2,3)25(18(26)14-24-20(28)29-22(4,5)6)16(12-13-17(25)19(23)27)15-10-8-7-9-11-15/h7-11,16-17H,12-14H2,1-6H3,(H2-,23,24,27,28)/p+1. The van der Waals surface area contributed by atoms with Gasteiger partial charge < -0.3 is 15.8 Å². The van der Waals surface area contributed by atoms with E-state index < -0.39 is 29.2 Å². The Morgan fingerprint density at radius 2 is 1.66 bits per heavy atom. The molecule has 3 N–H and O–H groups in total. The van der Waals surface area contributed by atoms with E-state index in [9.17, 15) is 14.4 Å².